The van der Waals surface area contributed by atoms with Crippen LogP contribution >= 0.6 is 0 Å². The zero-order valence-electron chi connectivity index (χ0n) is 16.7. The van der Waals surface area contributed by atoms with Crippen molar-refractivity contribution in [2.75, 3.05) is 10.6 Å². The van der Waals surface area contributed by atoms with Crippen LogP contribution in [0.2, 0.25) is 0 Å². The van der Waals surface area contributed by atoms with Crippen molar-refractivity contribution >= 4 is 28.3 Å². The molecule has 158 valence electrons. The molecule has 0 bridgehead atoms. The molecular formula is C22H18F3N5O. The fraction of sp³-hybridized carbons (Fsp3) is 0.136. The van der Waals surface area contributed by atoms with Crippen LogP contribution in [0.25, 0.3) is 22.0 Å². The van der Waals surface area contributed by atoms with E-state index in [1.165, 1.54) is 12.1 Å². The first-order chi connectivity index (χ1) is 14.7. The lowest BCUT2D eigenvalue weighted by atomic mass is 10.0. The molecule has 4 rings (SSSR count). The predicted octanol–water partition coefficient (Wildman–Crippen LogP) is 5.61. The minimum absolute atomic E-state index is 0.0518. The van der Waals surface area contributed by atoms with Gasteiger partial charge in [0, 0.05) is 35.6 Å². The number of aromatic nitrogens is 3. The Kier molecular flexibility index (Phi) is 5.10. The molecular weight excluding hydrogens is 407 g/mol. The number of nitrogens with zero attached hydrogens (tertiary/aromatic N) is 3. The third-order valence-electron chi connectivity index (χ3n) is 4.91. The molecule has 0 unspecified atom stereocenters. The van der Waals surface area contributed by atoms with Crippen molar-refractivity contribution in [2.45, 2.75) is 13.1 Å². The molecule has 0 radical (unpaired) electrons. The zero-order valence-corrected chi connectivity index (χ0v) is 16.7. The van der Waals surface area contributed by atoms with Crippen molar-refractivity contribution in [1.82, 2.24) is 14.8 Å². The van der Waals surface area contributed by atoms with Crippen molar-refractivity contribution in [3.8, 4) is 11.1 Å². The summed E-state index contributed by atoms with van der Waals surface area (Å²) in [6.07, 6.45) is 0.794. The van der Waals surface area contributed by atoms with Gasteiger partial charge < -0.3 is 10.6 Å². The standard InChI is InChI=1S/C22H18F3N5O/c1-13-8-14(17-10-26-12-20-18(17)11-27-30(20)2)6-7-19(13)29-21(31)28-16-5-3-4-15(9-16)22(23,24)25/h3-12H,1-2H3,(H2,28,29,31). The number of hydrogen-bond acceptors (Lipinski definition) is 3. The van der Waals surface area contributed by atoms with Crippen molar-refractivity contribution in [1.29, 1.82) is 0 Å². The van der Waals surface area contributed by atoms with Crippen LogP contribution in [-0.2, 0) is 13.2 Å². The molecule has 2 aromatic carbocycles. The number of rotatable bonds is 3. The van der Waals surface area contributed by atoms with Crippen LogP contribution < -0.4 is 10.6 Å². The highest BCUT2D eigenvalue weighted by atomic mass is 19.4. The molecule has 0 atom stereocenters. The number of nitrogens with one attached hydrogen (secondary N) is 2. The Morgan fingerprint density at radius 3 is 2.58 bits per heavy atom. The Balaban J connectivity index is 1.53. The second-order valence-electron chi connectivity index (χ2n) is 7.08. The molecule has 0 saturated carbocycles. The molecule has 0 aliphatic carbocycles. The fourth-order valence-corrected chi connectivity index (χ4v) is 3.32. The highest BCUT2D eigenvalue weighted by Gasteiger charge is 2.30. The summed E-state index contributed by atoms with van der Waals surface area (Å²) in [4.78, 5) is 16.6. The highest BCUT2D eigenvalue weighted by molar-refractivity contribution is 6.01. The second kappa shape index (κ2) is 7.75. The smallest absolute Gasteiger partial charge is 0.308 e. The first-order valence-corrected chi connectivity index (χ1v) is 9.34. The maximum absolute atomic E-state index is 12.8. The van der Waals surface area contributed by atoms with Gasteiger partial charge in [0.2, 0.25) is 0 Å². The van der Waals surface area contributed by atoms with E-state index >= 15 is 0 Å². The van der Waals surface area contributed by atoms with E-state index in [0.29, 0.717) is 5.69 Å². The Morgan fingerprint density at radius 2 is 1.84 bits per heavy atom. The van der Waals surface area contributed by atoms with Crippen LogP contribution in [0.1, 0.15) is 11.1 Å². The number of anilines is 2. The third-order valence-corrected chi connectivity index (χ3v) is 4.91. The van der Waals surface area contributed by atoms with Gasteiger partial charge in [-0.05, 0) is 48.4 Å². The van der Waals surface area contributed by atoms with Gasteiger partial charge in [0.25, 0.3) is 0 Å². The number of alkyl halides is 3. The number of aryl methyl sites for hydroxylation is 2. The average Bonchev–Trinajstić information content (AvgIpc) is 3.10. The van der Waals surface area contributed by atoms with Gasteiger partial charge in [0.05, 0.1) is 23.5 Å². The Labute approximate surface area is 175 Å². The number of hydrogen-bond donors (Lipinski definition) is 2. The van der Waals surface area contributed by atoms with Crippen LogP contribution in [0.5, 0.6) is 0 Å². The van der Waals surface area contributed by atoms with E-state index in [0.717, 1.165) is 39.7 Å². The molecule has 0 saturated heterocycles. The molecule has 2 amide bonds. The van der Waals surface area contributed by atoms with Crippen LogP contribution in [0, 0.1) is 6.92 Å². The van der Waals surface area contributed by atoms with Gasteiger partial charge in [-0.15, -0.1) is 0 Å². The van der Waals surface area contributed by atoms with Crippen LogP contribution in [0.15, 0.2) is 61.1 Å². The van der Waals surface area contributed by atoms with Crippen LogP contribution in [0.3, 0.4) is 0 Å². The number of fused-ring (bicyclic) bond motifs is 1. The fourth-order valence-electron chi connectivity index (χ4n) is 3.32. The number of pyridine rings is 1. The zero-order chi connectivity index (χ0) is 22.2. The SMILES string of the molecule is Cc1cc(-c2cncc3c2cnn3C)ccc1NC(=O)Nc1cccc(C(F)(F)F)c1. The lowest BCUT2D eigenvalue weighted by molar-refractivity contribution is -0.137. The Hall–Kier alpha value is -3.88. The van der Waals surface area contributed by atoms with Crippen molar-refractivity contribution < 1.29 is 18.0 Å². The Bertz CT molecular complexity index is 1280. The topological polar surface area (TPSA) is 71.8 Å². The second-order valence-corrected chi connectivity index (χ2v) is 7.08. The summed E-state index contributed by atoms with van der Waals surface area (Å²) in [6.45, 7) is 1.83. The van der Waals surface area contributed by atoms with Gasteiger partial charge in [-0.3, -0.25) is 9.67 Å². The quantitative estimate of drug-likeness (QED) is 0.448. The van der Waals surface area contributed by atoms with E-state index in [4.69, 9.17) is 0 Å². The molecule has 0 fully saturated rings. The highest BCUT2D eigenvalue weighted by Crippen LogP contribution is 2.31. The van der Waals surface area contributed by atoms with Gasteiger partial charge in [-0.2, -0.15) is 18.3 Å². The number of halogens is 3. The van der Waals surface area contributed by atoms with Gasteiger partial charge in [-0.25, -0.2) is 4.79 Å². The minimum atomic E-state index is -4.48. The molecule has 0 aliphatic rings. The first kappa shape index (κ1) is 20.4. The molecule has 9 heteroatoms. The minimum Gasteiger partial charge on any atom is -0.308 e. The van der Waals surface area contributed by atoms with Crippen LogP contribution in [-0.4, -0.2) is 20.8 Å². The molecule has 0 aliphatic heterocycles. The first-order valence-electron chi connectivity index (χ1n) is 9.34. The maximum Gasteiger partial charge on any atom is 0.416 e. The van der Waals surface area contributed by atoms with Gasteiger partial charge in [0.15, 0.2) is 0 Å². The molecule has 6 nitrogen and oxygen atoms in total. The average molecular weight is 425 g/mol. The lowest BCUT2D eigenvalue weighted by Gasteiger charge is -2.13. The number of benzene rings is 2. The summed E-state index contributed by atoms with van der Waals surface area (Å²) in [7, 11) is 1.84. The summed E-state index contributed by atoms with van der Waals surface area (Å²) < 4.78 is 40.3. The van der Waals surface area contributed by atoms with Gasteiger partial charge in [-0.1, -0.05) is 12.1 Å². The molecule has 2 aromatic heterocycles. The number of carbonyl (C=O) groups is 1. The number of carbonyl (C=O) groups excluding carboxylic acids is 1. The van der Waals surface area contributed by atoms with Gasteiger partial charge >= 0.3 is 12.2 Å². The summed E-state index contributed by atoms with van der Waals surface area (Å²) in [5, 5.41) is 10.3. The Morgan fingerprint density at radius 1 is 1.03 bits per heavy atom. The summed E-state index contributed by atoms with van der Waals surface area (Å²) in [5.74, 6) is 0. The monoisotopic (exact) mass is 425 g/mol. The van der Waals surface area contributed by atoms with E-state index in [1.54, 1.807) is 29.3 Å². The van der Waals surface area contributed by atoms with E-state index < -0.39 is 17.8 Å². The normalized spacial score (nSPS) is 11.5. The third kappa shape index (κ3) is 4.20. The number of urea groups is 1. The van der Waals surface area contributed by atoms with E-state index in [9.17, 15) is 18.0 Å². The van der Waals surface area contributed by atoms with Crippen molar-refractivity contribution in [3.05, 3.63) is 72.2 Å². The largest absolute Gasteiger partial charge is 0.416 e. The van der Waals surface area contributed by atoms with Gasteiger partial charge in [0.1, 0.15) is 0 Å². The molecule has 0 spiro atoms. The maximum atomic E-state index is 12.8. The van der Waals surface area contributed by atoms with Crippen molar-refractivity contribution in [3.63, 3.8) is 0 Å². The lowest BCUT2D eigenvalue weighted by Crippen LogP contribution is -2.20. The summed E-state index contributed by atoms with van der Waals surface area (Å²) in [6, 6.07) is 9.33. The van der Waals surface area contributed by atoms with E-state index in [-0.39, 0.29) is 5.69 Å². The summed E-state index contributed by atoms with van der Waals surface area (Å²) in [5.41, 5.74) is 3.27. The van der Waals surface area contributed by atoms with Crippen molar-refractivity contribution in [2.24, 2.45) is 7.05 Å². The molecule has 2 heterocycles. The predicted molar refractivity (Wildman–Crippen MR) is 113 cm³/mol. The molecule has 2 N–H and O–H groups in total. The number of amides is 2. The molecule has 4 aromatic rings. The molecule has 31 heavy (non-hydrogen) atoms. The van der Waals surface area contributed by atoms with E-state index in [1.807, 2.05) is 26.1 Å². The summed E-state index contributed by atoms with van der Waals surface area (Å²) >= 11 is 0. The van der Waals surface area contributed by atoms with E-state index in [2.05, 4.69) is 20.7 Å². The van der Waals surface area contributed by atoms with Crippen LogP contribution in [0.4, 0.5) is 29.3 Å².